The van der Waals surface area contributed by atoms with Crippen molar-refractivity contribution in [2.75, 3.05) is 6.61 Å². The zero-order chi connectivity index (χ0) is 20.8. The lowest BCUT2D eigenvalue weighted by atomic mass is 9.84. The Morgan fingerprint density at radius 3 is 1.75 bits per heavy atom. The van der Waals surface area contributed by atoms with Gasteiger partial charge in [0.1, 0.15) is 18.3 Å². The fourth-order valence-corrected chi connectivity index (χ4v) is 4.26. The highest BCUT2D eigenvalue weighted by atomic mass is 16.6. The van der Waals surface area contributed by atoms with Crippen LogP contribution < -0.4 is 0 Å². The van der Waals surface area contributed by atoms with E-state index in [0.717, 1.165) is 25.7 Å². The van der Waals surface area contributed by atoms with Crippen LogP contribution in [-0.4, -0.2) is 51.1 Å². The first-order valence-electron chi connectivity index (χ1n) is 11.8. The summed E-state index contributed by atoms with van der Waals surface area (Å²) in [6.07, 6.45) is 13.2. The maximum absolute atomic E-state index is 10.8. The van der Waals surface area contributed by atoms with Crippen LogP contribution in [0.4, 0.5) is 0 Å². The molecule has 1 aliphatic rings. The molecule has 1 fully saturated rings. The summed E-state index contributed by atoms with van der Waals surface area (Å²) in [6, 6.07) is 0. The lowest BCUT2D eigenvalue weighted by Crippen LogP contribution is -2.61. The Bertz CT molecular complexity index is 362. The maximum Gasteiger partial charge on any atom is 0.194 e. The first kappa shape index (κ1) is 25.8. The molecule has 0 aromatic rings. The van der Waals surface area contributed by atoms with Crippen LogP contribution in [0.2, 0.25) is 0 Å². The van der Waals surface area contributed by atoms with Crippen LogP contribution in [-0.2, 0) is 4.74 Å². The van der Waals surface area contributed by atoms with Gasteiger partial charge in [-0.1, -0.05) is 104 Å². The molecule has 0 spiro atoms. The molecular weight excluding hydrogens is 356 g/mol. The summed E-state index contributed by atoms with van der Waals surface area (Å²) in [7, 11) is 0. The Morgan fingerprint density at radius 2 is 1.25 bits per heavy atom. The summed E-state index contributed by atoms with van der Waals surface area (Å²) < 4.78 is 5.41. The molecule has 1 aliphatic heterocycles. The van der Waals surface area contributed by atoms with E-state index in [1.807, 2.05) is 0 Å². The number of hydrogen-bond donors (Lipinski definition) is 4. The normalized spacial score (nSPS) is 28.2. The molecular formula is C23H46O5. The van der Waals surface area contributed by atoms with Crippen molar-refractivity contribution in [3.63, 3.8) is 0 Å². The number of hydrogen-bond acceptors (Lipinski definition) is 5. The van der Waals surface area contributed by atoms with Crippen molar-refractivity contribution in [3.8, 4) is 0 Å². The minimum Gasteiger partial charge on any atom is -0.388 e. The lowest BCUT2D eigenvalue weighted by molar-refractivity contribution is -0.327. The Hall–Kier alpha value is -0.200. The topological polar surface area (TPSA) is 90.2 Å². The molecule has 4 atom stereocenters. The summed E-state index contributed by atoms with van der Waals surface area (Å²) in [5.74, 6) is -1.49. The van der Waals surface area contributed by atoms with E-state index >= 15 is 0 Å². The number of rotatable bonds is 16. The molecule has 0 amide bonds. The van der Waals surface area contributed by atoms with Gasteiger partial charge in [0, 0.05) is 6.42 Å². The van der Waals surface area contributed by atoms with E-state index in [-0.39, 0.29) is 12.5 Å². The predicted octanol–water partition coefficient (Wildman–Crippen LogP) is 4.30. The number of aliphatic hydroxyl groups is 4. The van der Waals surface area contributed by atoms with Crippen LogP contribution in [0.5, 0.6) is 0 Å². The molecule has 168 valence electrons. The molecule has 5 nitrogen and oxygen atoms in total. The van der Waals surface area contributed by atoms with E-state index in [1.54, 1.807) is 0 Å². The maximum atomic E-state index is 10.8. The van der Waals surface area contributed by atoms with Gasteiger partial charge in [-0.25, -0.2) is 0 Å². The molecule has 28 heavy (non-hydrogen) atoms. The van der Waals surface area contributed by atoms with Crippen LogP contribution in [0.15, 0.2) is 0 Å². The van der Waals surface area contributed by atoms with Crippen LogP contribution in [0.3, 0.4) is 0 Å². The van der Waals surface area contributed by atoms with Crippen LogP contribution >= 0.6 is 0 Å². The van der Waals surface area contributed by atoms with Gasteiger partial charge in [-0.15, -0.1) is 0 Å². The zero-order valence-electron chi connectivity index (χ0n) is 18.3. The molecule has 0 radical (unpaired) electrons. The van der Waals surface area contributed by atoms with Gasteiger partial charge in [0.2, 0.25) is 0 Å². The fraction of sp³-hybridized carbons (Fsp3) is 1.00. The molecule has 1 saturated heterocycles. The third-order valence-electron chi connectivity index (χ3n) is 6.20. The highest BCUT2D eigenvalue weighted by Gasteiger charge is 2.49. The van der Waals surface area contributed by atoms with Crippen molar-refractivity contribution in [2.24, 2.45) is 5.92 Å². The molecule has 0 saturated carbocycles. The number of aliphatic hydroxyl groups excluding tert-OH is 3. The Balaban J connectivity index is 2.48. The predicted molar refractivity (Wildman–Crippen MR) is 113 cm³/mol. The van der Waals surface area contributed by atoms with E-state index in [4.69, 9.17) is 4.74 Å². The molecule has 0 aromatic carbocycles. The Kier molecular flexibility index (Phi) is 13.6. The third kappa shape index (κ3) is 9.53. The van der Waals surface area contributed by atoms with Crippen molar-refractivity contribution >= 4 is 0 Å². The Labute approximate surface area is 172 Å². The van der Waals surface area contributed by atoms with Crippen LogP contribution in [0.25, 0.3) is 0 Å². The van der Waals surface area contributed by atoms with Crippen molar-refractivity contribution < 1.29 is 25.2 Å². The lowest BCUT2D eigenvalue weighted by Gasteiger charge is -2.43. The summed E-state index contributed by atoms with van der Waals surface area (Å²) in [5.41, 5.74) is 0. The molecule has 1 unspecified atom stereocenters. The summed E-state index contributed by atoms with van der Waals surface area (Å²) >= 11 is 0. The largest absolute Gasteiger partial charge is 0.388 e. The van der Waals surface area contributed by atoms with Crippen molar-refractivity contribution in [1.82, 2.24) is 0 Å². The summed E-state index contributed by atoms with van der Waals surface area (Å²) in [6.45, 7) is 4.30. The molecule has 1 heterocycles. The van der Waals surface area contributed by atoms with E-state index in [0.29, 0.717) is 6.42 Å². The average Bonchev–Trinajstić information content (AvgIpc) is 2.68. The minimum absolute atomic E-state index is 0.143. The van der Waals surface area contributed by atoms with Gasteiger partial charge in [0.05, 0.1) is 6.61 Å². The van der Waals surface area contributed by atoms with Gasteiger partial charge in [-0.3, -0.25) is 0 Å². The second-order valence-corrected chi connectivity index (χ2v) is 8.84. The zero-order valence-corrected chi connectivity index (χ0v) is 18.3. The highest BCUT2D eigenvalue weighted by molar-refractivity contribution is 4.92. The smallest absolute Gasteiger partial charge is 0.194 e. The first-order valence-corrected chi connectivity index (χ1v) is 11.8. The van der Waals surface area contributed by atoms with Crippen molar-refractivity contribution in [1.29, 1.82) is 0 Å². The molecule has 0 aliphatic carbocycles. The molecule has 5 heteroatoms. The first-order chi connectivity index (χ1) is 13.4. The number of ether oxygens (including phenoxy) is 1. The van der Waals surface area contributed by atoms with Gasteiger partial charge in [-0.2, -0.15) is 0 Å². The quantitative estimate of drug-likeness (QED) is 0.289. The van der Waals surface area contributed by atoms with E-state index < -0.39 is 24.1 Å². The van der Waals surface area contributed by atoms with Gasteiger partial charge in [-0.05, 0) is 5.92 Å². The van der Waals surface area contributed by atoms with Gasteiger partial charge in [0.15, 0.2) is 5.79 Å². The standard InChI is InChI=1S/C23H46O5/c1-3-5-7-9-11-13-15-19(16-14-12-10-8-6-4-2)17-23(27)22(26)21(25)20(24)18-28-23/h19-22,24-27H,3-18H2,1-2H3/t20-,21+,22-,23?/m1/s1. The second kappa shape index (κ2) is 14.7. The molecule has 1 rings (SSSR count). The fourth-order valence-electron chi connectivity index (χ4n) is 4.26. The SMILES string of the molecule is CCCCCCCCC(CCCCCCCC)CC1(O)OC[C@@H](O)[C@H](O)[C@H]1O. The third-order valence-corrected chi connectivity index (χ3v) is 6.20. The molecule has 4 N–H and O–H groups in total. The monoisotopic (exact) mass is 402 g/mol. The summed E-state index contributed by atoms with van der Waals surface area (Å²) in [5, 5.41) is 40.7. The number of unbranched alkanes of at least 4 members (excludes halogenated alkanes) is 10. The minimum atomic E-state index is -1.76. The van der Waals surface area contributed by atoms with Gasteiger partial charge >= 0.3 is 0 Å². The second-order valence-electron chi connectivity index (χ2n) is 8.84. The average molecular weight is 403 g/mol. The van der Waals surface area contributed by atoms with Crippen LogP contribution in [0, 0.1) is 5.92 Å². The summed E-state index contributed by atoms with van der Waals surface area (Å²) in [4.78, 5) is 0. The molecule has 0 bridgehead atoms. The van der Waals surface area contributed by atoms with Gasteiger partial charge < -0.3 is 25.2 Å². The van der Waals surface area contributed by atoms with E-state index in [1.165, 1.54) is 64.2 Å². The van der Waals surface area contributed by atoms with Gasteiger partial charge in [0.25, 0.3) is 0 Å². The molecule has 0 aromatic heterocycles. The van der Waals surface area contributed by atoms with Crippen molar-refractivity contribution in [2.45, 2.75) is 134 Å². The Morgan fingerprint density at radius 1 is 0.786 bits per heavy atom. The van der Waals surface area contributed by atoms with Crippen LogP contribution in [0.1, 0.15) is 110 Å². The van der Waals surface area contributed by atoms with Crippen molar-refractivity contribution in [3.05, 3.63) is 0 Å². The highest BCUT2D eigenvalue weighted by Crippen LogP contribution is 2.34. The van der Waals surface area contributed by atoms with E-state index in [2.05, 4.69) is 13.8 Å². The van der Waals surface area contributed by atoms with E-state index in [9.17, 15) is 20.4 Å².